The second-order valence-corrected chi connectivity index (χ2v) is 6.52. The molecule has 1 aliphatic rings. The van der Waals surface area contributed by atoms with E-state index in [-0.39, 0.29) is 5.56 Å². The van der Waals surface area contributed by atoms with Crippen molar-refractivity contribution in [2.45, 2.75) is 49.8 Å². The Morgan fingerprint density at radius 1 is 1.32 bits per heavy atom. The third-order valence-electron chi connectivity index (χ3n) is 4.26. The molecule has 1 saturated carbocycles. The van der Waals surface area contributed by atoms with Gasteiger partial charge in [0.05, 0.1) is 0 Å². The highest BCUT2D eigenvalue weighted by Gasteiger charge is 2.13. The Morgan fingerprint density at radius 3 is 2.91 bits per heavy atom. The molecule has 1 aliphatic carbocycles. The molecule has 0 aromatic carbocycles. The predicted molar refractivity (Wildman–Crippen MR) is 90.5 cm³/mol. The molecule has 1 N–H and O–H groups in total. The molecule has 0 bridgehead atoms. The molecule has 2 heterocycles. The van der Waals surface area contributed by atoms with Crippen molar-refractivity contribution in [1.82, 2.24) is 19.9 Å². The topological polar surface area (TPSA) is 59.8 Å². The molecule has 1 fully saturated rings. The van der Waals surface area contributed by atoms with Gasteiger partial charge in [-0.05, 0) is 25.2 Å². The number of thioether (sulfide) groups is 1. The van der Waals surface area contributed by atoms with Crippen LogP contribution in [0, 0.1) is 0 Å². The van der Waals surface area contributed by atoms with E-state index in [0.29, 0.717) is 17.7 Å². The van der Waals surface area contributed by atoms with Gasteiger partial charge in [-0.25, -0.2) is 9.97 Å². The molecule has 6 heteroatoms. The third kappa shape index (κ3) is 3.50. The van der Waals surface area contributed by atoms with Crippen LogP contribution in [0.15, 0.2) is 28.3 Å². The second-order valence-electron chi connectivity index (χ2n) is 5.75. The van der Waals surface area contributed by atoms with Gasteiger partial charge < -0.3 is 5.32 Å². The van der Waals surface area contributed by atoms with Crippen molar-refractivity contribution in [3.05, 3.63) is 28.7 Å². The van der Waals surface area contributed by atoms with Gasteiger partial charge in [0.2, 0.25) is 0 Å². The maximum atomic E-state index is 12.2. The Labute approximate surface area is 134 Å². The zero-order valence-corrected chi connectivity index (χ0v) is 13.7. The van der Waals surface area contributed by atoms with Gasteiger partial charge in [0, 0.05) is 36.8 Å². The largest absolute Gasteiger partial charge is 0.312 e. The summed E-state index contributed by atoms with van der Waals surface area (Å²) in [5.74, 6) is 0. The van der Waals surface area contributed by atoms with Crippen molar-refractivity contribution in [2.24, 2.45) is 0 Å². The molecule has 0 atom stereocenters. The summed E-state index contributed by atoms with van der Waals surface area (Å²) in [5.41, 5.74) is 0.737. The first kappa shape index (κ1) is 15.5. The lowest BCUT2D eigenvalue weighted by Crippen LogP contribution is -2.35. The standard InChI is InChI=1S/C16H22N4OS/c1-22-16-18-11-12-7-8-14(21)20(15(12)19-16)10-9-17-13-5-3-2-4-6-13/h7-8,11,13,17H,2-6,9-10H2,1H3. The molecule has 0 unspecified atom stereocenters. The van der Waals surface area contributed by atoms with Gasteiger partial charge in [-0.1, -0.05) is 31.0 Å². The number of nitrogens with one attached hydrogen (secondary N) is 1. The minimum atomic E-state index is 0.00342. The van der Waals surface area contributed by atoms with Crippen LogP contribution in [-0.2, 0) is 6.54 Å². The summed E-state index contributed by atoms with van der Waals surface area (Å²) < 4.78 is 1.76. The summed E-state index contributed by atoms with van der Waals surface area (Å²) in [5, 5.41) is 5.20. The van der Waals surface area contributed by atoms with Gasteiger partial charge >= 0.3 is 0 Å². The van der Waals surface area contributed by atoms with Crippen molar-refractivity contribution < 1.29 is 0 Å². The number of hydrogen-bond donors (Lipinski definition) is 1. The molecule has 3 rings (SSSR count). The highest BCUT2D eigenvalue weighted by Crippen LogP contribution is 2.17. The van der Waals surface area contributed by atoms with Crippen LogP contribution in [0.2, 0.25) is 0 Å². The minimum absolute atomic E-state index is 0.00342. The lowest BCUT2D eigenvalue weighted by molar-refractivity contribution is 0.368. The van der Waals surface area contributed by atoms with Crippen molar-refractivity contribution in [3.8, 4) is 0 Å². The van der Waals surface area contributed by atoms with Crippen LogP contribution in [0.5, 0.6) is 0 Å². The number of fused-ring (bicyclic) bond motifs is 1. The summed E-state index contributed by atoms with van der Waals surface area (Å²) >= 11 is 1.49. The summed E-state index contributed by atoms with van der Waals surface area (Å²) in [6.45, 7) is 1.46. The van der Waals surface area contributed by atoms with Crippen LogP contribution in [0.25, 0.3) is 11.0 Å². The van der Waals surface area contributed by atoms with Gasteiger partial charge in [-0.15, -0.1) is 0 Å². The van der Waals surface area contributed by atoms with Crippen LogP contribution in [0.1, 0.15) is 32.1 Å². The van der Waals surface area contributed by atoms with Gasteiger partial charge in [0.1, 0.15) is 5.65 Å². The number of aromatic nitrogens is 3. The smallest absolute Gasteiger partial charge is 0.252 e. The van der Waals surface area contributed by atoms with Gasteiger partial charge in [0.15, 0.2) is 5.16 Å². The number of hydrogen-bond acceptors (Lipinski definition) is 5. The van der Waals surface area contributed by atoms with Crippen molar-refractivity contribution >= 4 is 22.8 Å². The number of rotatable bonds is 5. The van der Waals surface area contributed by atoms with E-state index >= 15 is 0 Å². The van der Waals surface area contributed by atoms with Crippen molar-refractivity contribution in [3.63, 3.8) is 0 Å². The van der Waals surface area contributed by atoms with E-state index in [2.05, 4.69) is 15.3 Å². The molecule has 0 aliphatic heterocycles. The van der Waals surface area contributed by atoms with Crippen molar-refractivity contribution in [2.75, 3.05) is 12.8 Å². The van der Waals surface area contributed by atoms with E-state index in [1.165, 1.54) is 43.9 Å². The van der Waals surface area contributed by atoms with Gasteiger partial charge in [-0.3, -0.25) is 9.36 Å². The molecule has 2 aromatic rings. The first-order valence-electron chi connectivity index (χ1n) is 7.92. The first-order chi connectivity index (χ1) is 10.8. The van der Waals surface area contributed by atoms with Gasteiger partial charge in [0.25, 0.3) is 5.56 Å². The fraction of sp³-hybridized carbons (Fsp3) is 0.562. The Morgan fingerprint density at radius 2 is 2.14 bits per heavy atom. The van der Waals surface area contributed by atoms with E-state index in [9.17, 15) is 4.79 Å². The van der Waals surface area contributed by atoms with Crippen molar-refractivity contribution in [1.29, 1.82) is 0 Å². The summed E-state index contributed by atoms with van der Waals surface area (Å²) in [6, 6.07) is 4.01. The Balaban J connectivity index is 1.76. The van der Waals surface area contributed by atoms with Crippen LogP contribution in [-0.4, -0.2) is 33.4 Å². The molecule has 22 heavy (non-hydrogen) atoms. The highest BCUT2D eigenvalue weighted by molar-refractivity contribution is 7.98. The maximum absolute atomic E-state index is 12.2. The van der Waals surface area contributed by atoms with E-state index < -0.39 is 0 Å². The molecule has 2 aromatic heterocycles. The zero-order valence-electron chi connectivity index (χ0n) is 12.9. The molecule has 118 valence electrons. The van der Waals surface area contributed by atoms with E-state index in [1.54, 1.807) is 22.9 Å². The summed E-state index contributed by atoms with van der Waals surface area (Å²) in [6.07, 6.45) is 10.2. The first-order valence-corrected chi connectivity index (χ1v) is 9.14. The normalized spacial score (nSPS) is 16.2. The lowest BCUT2D eigenvalue weighted by Gasteiger charge is -2.23. The average molecular weight is 318 g/mol. The van der Waals surface area contributed by atoms with E-state index in [0.717, 1.165) is 17.6 Å². The predicted octanol–water partition coefficient (Wildman–Crippen LogP) is 2.44. The van der Waals surface area contributed by atoms with Gasteiger partial charge in [-0.2, -0.15) is 0 Å². The average Bonchev–Trinajstić information content (AvgIpc) is 2.57. The Kier molecular flexibility index (Phi) is 5.10. The van der Waals surface area contributed by atoms with Crippen LogP contribution < -0.4 is 10.9 Å². The monoisotopic (exact) mass is 318 g/mol. The van der Waals surface area contributed by atoms with Crippen LogP contribution in [0.4, 0.5) is 0 Å². The number of pyridine rings is 1. The molecule has 0 amide bonds. The fourth-order valence-electron chi connectivity index (χ4n) is 3.06. The lowest BCUT2D eigenvalue weighted by atomic mass is 9.95. The fourth-order valence-corrected chi connectivity index (χ4v) is 3.39. The molecule has 0 saturated heterocycles. The third-order valence-corrected chi connectivity index (χ3v) is 4.82. The van der Waals surface area contributed by atoms with Crippen LogP contribution >= 0.6 is 11.8 Å². The summed E-state index contributed by atoms with van der Waals surface area (Å²) in [4.78, 5) is 21.0. The Hall–Kier alpha value is -1.40. The SMILES string of the molecule is CSc1ncc2ccc(=O)n(CCNC3CCCCC3)c2n1. The van der Waals surface area contributed by atoms with E-state index in [4.69, 9.17) is 0 Å². The zero-order chi connectivity index (χ0) is 15.4. The van der Waals surface area contributed by atoms with E-state index in [1.807, 2.05) is 6.26 Å². The Bertz CT molecular complexity index is 694. The molecule has 5 nitrogen and oxygen atoms in total. The molecular formula is C16H22N4OS. The maximum Gasteiger partial charge on any atom is 0.252 e. The minimum Gasteiger partial charge on any atom is -0.312 e. The molecule has 0 spiro atoms. The summed E-state index contributed by atoms with van der Waals surface area (Å²) in [7, 11) is 0. The number of nitrogens with zero attached hydrogens (tertiary/aromatic N) is 3. The van der Waals surface area contributed by atoms with Crippen LogP contribution in [0.3, 0.4) is 0 Å². The second kappa shape index (κ2) is 7.24. The quantitative estimate of drug-likeness (QED) is 0.678. The molecular weight excluding hydrogens is 296 g/mol. The highest BCUT2D eigenvalue weighted by atomic mass is 32.2. The molecule has 0 radical (unpaired) electrons.